The van der Waals surface area contributed by atoms with Gasteiger partial charge in [0.2, 0.25) is 0 Å². The Hall–Kier alpha value is -1.82. The van der Waals surface area contributed by atoms with Crippen LogP contribution in [-0.2, 0) is 0 Å². The molecule has 0 heterocycles. The van der Waals surface area contributed by atoms with E-state index in [-0.39, 0.29) is 24.7 Å². The van der Waals surface area contributed by atoms with Crippen molar-refractivity contribution in [2.45, 2.75) is 0 Å². The Morgan fingerprint density at radius 3 is 2.50 bits per heavy atom. The zero-order valence-corrected chi connectivity index (χ0v) is 12.0. The zero-order valence-electron chi connectivity index (χ0n) is 10.4. The minimum Gasteiger partial charge on any atom is -0.490 e. The smallest absolute Gasteiger partial charge is 0.167 e. The summed E-state index contributed by atoms with van der Waals surface area (Å²) in [5.74, 6) is -0.942. The van der Waals surface area contributed by atoms with Gasteiger partial charge in [-0.1, -0.05) is 22.0 Å². The molecule has 0 spiro atoms. The van der Waals surface area contributed by atoms with Crippen molar-refractivity contribution in [2.75, 3.05) is 18.9 Å². The summed E-state index contributed by atoms with van der Waals surface area (Å²) in [5, 5.41) is 0. The van der Waals surface area contributed by atoms with Crippen molar-refractivity contribution in [3.8, 4) is 11.5 Å². The van der Waals surface area contributed by atoms with Crippen LogP contribution in [0.4, 0.5) is 14.5 Å². The number of hydrogen-bond acceptors (Lipinski definition) is 3. The fraction of sp³-hybridized carbons (Fsp3) is 0.143. The second-order valence-corrected chi connectivity index (χ2v) is 4.87. The van der Waals surface area contributed by atoms with Gasteiger partial charge in [-0.3, -0.25) is 0 Å². The van der Waals surface area contributed by atoms with Gasteiger partial charge in [0.1, 0.15) is 24.8 Å². The van der Waals surface area contributed by atoms with Crippen LogP contribution in [0.5, 0.6) is 11.5 Å². The van der Waals surface area contributed by atoms with Gasteiger partial charge < -0.3 is 15.2 Å². The average Bonchev–Trinajstić information content (AvgIpc) is 2.40. The summed E-state index contributed by atoms with van der Waals surface area (Å²) in [6, 6.07) is 9.09. The first-order chi connectivity index (χ1) is 9.56. The van der Waals surface area contributed by atoms with Crippen LogP contribution in [0.3, 0.4) is 0 Å². The van der Waals surface area contributed by atoms with E-state index < -0.39 is 11.6 Å². The van der Waals surface area contributed by atoms with Crippen molar-refractivity contribution in [3.05, 3.63) is 52.5 Å². The largest absolute Gasteiger partial charge is 0.490 e. The number of halogens is 3. The van der Waals surface area contributed by atoms with E-state index in [0.717, 1.165) is 16.6 Å². The Bertz CT molecular complexity index is 608. The molecule has 0 amide bonds. The van der Waals surface area contributed by atoms with Gasteiger partial charge in [-0.05, 0) is 18.2 Å². The molecule has 0 aliphatic rings. The molecular formula is C14H12BrF2NO2. The molecule has 0 unspecified atom stereocenters. The molecule has 0 fully saturated rings. The van der Waals surface area contributed by atoms with Crippen molar-refractivity contribution in [1.82, 2.24) is 0 Å². The first-order valence-corrected chi connectivity index (χ1v) is 6.61. The van der Waals surface area contributed by atoms with E-state index in [1.165, 1.54) is 0 Å². The monoisotopic (exact) mass is 343 g/mol. The Balaban J connectivity index is 1.86. The van der Waals surface area contributed by atoms with Gasteiger partial charge in [-0.25, -0.2) is 8.78 Å². The molecule has 106 valence electrons. The normalized spacial score (nSPS) is 10.3. The lowest BCUT2D eigenvalue weighted by Gasteiger charge is -2.10. The van der Waals surface area contributed by atoms with Gasteiger partial charge in [0.15, 0.2) is 11.6 Å². The molecular weight excluding hydrogens is 332 g/mol. The quantitative estimate of drug-likeness (QED) is 0.663. The Morgan fingerprint density at radius 2 is 1.75 bits per heavy atom. The third-order valence-electron chi connectivity index (χ3n) is 2.46. The summed E-state index contributed by atoms with van der Waals surface area (Å²) >= 11 is 3.32. The number of nitrogen functional groups attached to an aromatic ring is 1. The highest BCUT2D eigenvalue weighted by molar-refractivity contribution is 9.10. The fourth-order valence-corrected chi connectivity index (χ4v) is 1.90. The van der Waals surface area contributed by atoms with Gasteiger partial charge in [0.25, 0.3) is 0 Å². The van der Waals surface area contributed by atoms with E-state index in [0.29, 0.717) is 5.75 Å². The topological polar surface area (TPSA) is 44.5 Å². The standard InChI is InChI=1S/C14H12BrF2NO2/c15-9-2-1-3-10(6-9)19-4-5-20-14-8-11(16)13(18)7-12(14)17/h1-3,6-8H,4-5,18H2. The zero-order chi connectivity index (χ0) is 14.5. The van der Waals surface area contributed by atoms with Crippen LogP contribution >= 0.6 is 15.9 Å². The average molecular weight is 344 g/mol. The van der Waals surface area contributed by atoms with Gasteiger partial charge >= 0.3 is 0 Å². The summed E-state index contributed by atoms with van der Waals surface area (Å²) < 4.78 is 38.0. The molecule has 0 saturated carbocycles. The number of ether oxygens (including phenoxy) is 2. The van der Waals surface area contributed by atoms with Crippen LogP contribution < -0.4 is 15.2 Å². The SMILES string of the molecule is Nc1cc(F)c(OCCOc2cccc(Br)c2)cc1F. The molecule has 2 rings (SSSR count). The van der Waals surface area contributed by atoms with Crippen LogP contribution in [0.1, 0.15) is 0 Å². The van der Waals surface area contributed by atoms with Gasteiger partial charge in [-0.2, -0.15) is 0 Å². The van der Waals surface area contributed by atoms with Crippen LogP contribution in [0.25, 0.3) is 0 Å². The maximum atomic E-state index is 13.4. The summed E-state index contributed by atoms with van der Waals surface area (Å²) in [6.07, 6.45) is 0. The van der Waals surface area contributed by atoms with Crippen molar-refractivity contribution >= 4 is 21.6 Å². The summed E-state index contributed by atoms with van der Waals surface area (Å²) in [6.45, 7) is 0.300. The number of benzene rings is 2. The number of nitrogens with two attached hydrogens (primary N) is 1. The van der Waals surface area contributed by atoms with Crippen molar-refractivity contribution in [3.63, 3.8) is 0 Å². The maximum Gasteiger partial charge on any atom is 0.167 e. The van der Waals surface area contributed by atoms with Gasteiger partial charge in [0.05, 0.1) is 5.69 Å². The van der Waals surface area contributed by atoms with E-state index in [9.17, 15) is 8.78 Å². The van der Waals surface area contributed by atoms with E-state index in [1.807, 2.05) is 12.1 Å². The molecule has 0 bridgehead atoms. The molecule has 0 radical (unpaired) electrons. The Labute approximate surface area is 123 Å². The molecule has 3 nitrogen and oxygen atoms in total. The van der Waals surface area contributed by atoms with Crippen molar-refractivity contribution in [1.29, 1.82) is 0 Å². The maximum absolute atomic E-state index is 13.4. The van der Waals surface area contributed by atoms with Crippen LogP contribution in [-0.4, -0.2) is 13.2 Å². The molecule has 0 aliphatic heterocycles. The summed E-state index contributed by atoms with van der Waals surface area (Å²) in [4.78, 5) is 0. The second kappa shape index (κ2) is 6.56. The molecule has 6 heteroatoms. The van der Waals surface area contributed by atoms with E-state index in [1.54, 1.807) is 12.1 Å². The number of hydrogen-bond donors (Lipinski definition) is 1. The summed E-state index contributed by atoms with van der Waals surface area (Å²) in [7, 11) is 0. The van der Waals surface area contributed by atoms with Crippen molar-refractivity contribution in [2.24, 2.45) is 0 Å². The van der Waals surface area contributed by atoms with Crippen LogP contribution in [0.15, 0.2) is 40.9 Å². The minimum atomic E-state index is -0.714. The lowest BCUT2D eigenvalue weighted by Crippen LogP contribution is -2.10. The molecule has 0 saturated heterocycles. The number of rotatable bonds is 5. The first kappa shape index (κ1) is 14.6. The summed E-state index contributed by atoms with van der Waals surface area (Å²) in [5.41, 5.74) is 4.99. The van der Waals surface area contributed by atoms with E-state index in [4.69, 9.17) is 15.2 Å². The molecule has 20 heavy (non-hydrogen) atoms. The van der Waals surface area contributed by atoms with Crippen molar-refractivity contribution < 1.29 is 18.3 Å². The molecule has 0 aromatic heterocycles. The van der Waals surface area contributed by atoms with Gasteiger partial charge in [0, 0.05) is 16.6 Å². The molecule has 2 aromatic carbocycles. The first-order valence-electron chi connectivity index (χ1n) is 5.82. The van der Waals surface area contributed by atoms with Crippen LogP contribution in [0.2, 0.25) is 0 Å². The molecule has 0 atom stereocenters. The van der Waals surface area contributed by atoms with Crippen LogP contribution in [0, 0.1) is 11.6 Å². The predicted octanol–water partition coefficient (Wildman–Crippen LogP) is 3.77. The van der Waals surface area contributed by atoms with Gasteiger partial charge in [-0.15, -0.1) is 0 Å². The predicted molar refractivity (Wildman–Crippen MR) is 75.9 cm³/mol. The molecule has 0 aliphatic carbocycles. The Kier molecular flexibility index (Phi) is 4.79. The highest BCUT2D eigenvalue weighted by atomic mass is 79.9. The fourth-order valence-electron chi connectivity index (χ4n) is 1.52. The highest BCUT2D eigenvalue weighted by Crippen LogP contribution is 2.23. The lowest BCUT2D eigenvalue weighted by molar-refractivity contribution is 0.211. The third kappa shape index (κ3) is 3.84. The molecule has 2 N–H and O–H groups in total. The van der Waals surface area contributed by atoms with E-state index in [2.05, 4.69) is 15.9 Å². The number of anilines is 1. The minimum absolute atomic E-state index is 0.0901. The highest BCUT2D eigenvalue weighted by Gasteiger charge is 2.08. The third-order valence-corrected chi connectivity index (χ3v) is 2.95. The Morgan fingerprint density at radius 1 is 1.00 bits per heavy atom. The molecule has 2 aromatic rings. The second-order valence-electron chi connectivity index (χ2n) is 3.96. The lowest BCUT2D eigenvalue weighted by atomic mass is 10.3. The van der Waals surface area contributed by atoms with E-state index >= 15 is 0 Å².